The molecule has 1 rings (SSSR count). The minimum Gasteiger partial charge on any atom is -0.330 e. The number of aromatic nitrogens is 3. The van der Waals surface area contributed by atoms with Crippen LogP contribution in [0.1, 0.15) is 18.3 Å². The molecule has 0 atom stereocenters. The largest absolute Gasteiger partial charge is 0.330 e. The first-order valence-electron chi connectivity index (χ1n) is 3.87. The third kappa shape index (κ3) is 1.57. The van der Waals surface area contributed by atoms with E-state index in [0.717, 1.165) is 18.5 Å². The van der Waals surface area contributed by atoms with E-state index < -0.39 is 0 Å². The van der Waals surface area contributed by atoms with Crippen molar-refractivity contribution in [2.24, 2.45) is 12.8 Å². The zero-order valence-electron chi connectivity index (χ0n) is 7.04. The van der Waals surface area contributed by atoms with Crippen LogP contribution in [0.5, 0.6) is 0 Å². The fraction of sp³-hybridized carbons (Fsp3) is 0.714. The molecule has 0 fully saturated rings. The third-order valence-electron chi connectivity index (χ3n) is 1.74. The van der Waals surface area contributed by atoms with Gasteiger partial charge in [-0.2, -0.15) is 0 Å². The van der Waals surface area contributed by atoms with E-state index in [1.54, 1.807) is 0 Å². The van der Waals surface area contributed by atoms with Crippen LogP contribution in [0.15, 0.2) is 0 Å². The zero-order chi connectivity index (χ0) is 8.27. The van der Waals surface area contributed by atoms with Gasteiger partial charge in [-0.1, -0.05) is 12.1 Å². The monoisotopic (exact) mass is 154 g/mol. The highest BCUT2D eigenvalue weighted by molar-refractivity contribution is 5.09. The average molecular weight is 154 g/mol. The van der Waals surface area contributed by atoms with Gasteiger partial charge in [-0.15, -0.1) is 5.10 Å². The smallest absolute Gasteiger partial charge is 0.0871 e. The van der Waals surface area contributed by atoms with Gasteiger partial charge in [0.1, 0.15) is 0 Å². The standard InChI is InChI=1S/C7H14N4/c1-3-7-6(4-5-8)9-10-11(7)2/h3-5,8H2,1-2H3. The Balaban J connectivity index is 2.86. The van der Waals surface area contributed by atoms with Gasteiger partial charge in [0.2, 0.25) is 0 Å². The molecular weight excluding hydrogens is 140 g/mol. The summed E-state index contributed by atoms with van der Waals surface area (Å²) < 4.78 is 1.81. The number of nitrogens with two attached hydrogens (primary N) is 1. The Morgan fingerprint density at radius 1 is 1.55 bits per heavy atom. The summed E-state index contributed by atoms with van der Waals surface area (Å²) in [6.07, 6.45) is 1.80. The van der Waals surface area contributed by atoms with E-state index in [1.165, 1.54) is 5.69 Å². The average Bonchev–Trinajstić information content (AvgIpc) is 2.33. The molecule has 0 spiro atoms. The Morgan fingerprint density at radius 2 is 2.27 bits per heavy atom. The molecule has 1 heterocycles. The lowest BCUT2D eigenvalue weighted by molar-refractivity contribution is 0.682. The first-order chi connectivity index (χ1) is 5.29. The maximum Gasteiger partial charge on any atom is 0.0871 e. The SMILES string of the molecule is CCc1c(CCN)nnn1C. The highest BCUT2D eigenvalue weighted by atomic mass is 15.4. The van der Waals surface area contributed by atoms with E-state index in [4.69, 9.17) is 5.73 Å². The van der Waals surface area contributed by atoms with Crippen LogP contribution in [0, 0.1) is 0 Å². The van der Waals surface area contributed by atoms with Gasteiger partial charge in [-0.25, -0.2) is 0 Å². The molecule has 1 aromatic heterocycles. The highest BCUT2D eigenvalue weighted by Crippen LogP contribution is 2.04. The van der Waals surface area contributed by atoms with Crippen molar-refractivity contribution in [2.75, 3.05) is 6.54 Å². The van der Waals surface area contributed by atoms with Crippen molar-refractivity contribution in [3.05, 3.63) is 11.4 Å². The summed E-state index contributed by atoms with van der Waals surface area (Å²) >= 11 is 0. The minimum absolute atomic E-state index is 0.645. The molecule has 0 aliphatic rings. The molecule has 0 radical (unpaired) electrons. The zero-order valence-corrected chi connectivity index (χ0v) is 7.04. The number of rotatable bonds is 3. The number of hydrogen-bond donors (Lipinski definition) is 1. The van der Waals surface area contributed by atoms with Crippen LogP contribution in [-0.2, 0) is 19.9 Å². The van der Waals surface area contributed by atoms with E-state index in [1.807, 2.05) is 11.7 Å². The molecule has 62 valence electrons. The van der Waals surface area contributed by atoms with Crippen LogP contribution in [0.2, 0.25) is 0 Å². The maximum absolute atomic E-state index is 5.42. The van der Waals surface area contributed by atoms with Gasteiger partial charge in [-0.3, -0.25) is 4.68 Å². The quantitative estimate of drug-likeness (QED) is 0.660. The Hall–Kier alpha value is -0.900. The first kappa shape index (κ1) is 8.20. The van der Waals surface area contributed by atoms with E-state index >= 15 is 0 Å². The number of aryl methyl sites for hydroxylation is 1. The van der Waals surface area contributed by atoms with Gasteiger partial charge in [0.25, 0.3) is 0 Å². The lowest BCUT2D eigenvalue weighted by Gasteiger charge is -1.97. The van der Waals surface area contributed by atoms with Crippen molar-refractivity contribution < 1.29 is 0 Å². The predicted molar refractivity (Wildman–Crippen MR) is 43.1 cm³/mol. The van der Waals surface area contributed by atoms with Crippen LogP contribution in [0.3, 0.4) is 0 Å². The van der Waals surface area contributed by atoms with Crippen molar-refractivity contribution >= 4 is 0 Å². The molecule has 0 saturated carbocycles. The fourth-order valence-electron chi connectivity index (χ4n) is 1.18. The van der Waals surface area contributed by atoms with Gasteiger partial charge in [0.05, 0.1) is 11.4 Å². The summed E-state index contributed by atoms with van der Waals surface area (Å²) in [6.45, 7) is 2.74. The highest BCUT2D eigenvalue weighted by Gasteiger charge is 2.06. The van der Waals surface area contributed by atoms with Gasteiger partial charge in [0, 0.05) is 13.5 Å². The third-order valence-corrected chi connectivity index (χ3v) is 1.74. The van der Waals surface area contributed by atoms with E-state index in [0.29, 0.717) is 6.54 Å². The summed E-state index contributed by atoms with van der Waals surface area (Å²) in [4.78, 5) is 0. The van der Waals surface area contributed by atoms with E-state index in [9.17, 15) is 0 Å². The minimum atomic E-state index is 0.645. The summed E-state index contributed by atoms with van der Waals surface area (Å²) in [5.41, 5.74) is 7.65. The summed E-state index contributed by atoms with van der Waals surface area (Å²) in [6, 6.07) is 0. The molecule has 0 unspecified atom stereocenters. The summed E-state index contributed by atoms with van der Waals surface area (Å²) in [7, 11) is 1.91. The number of hydrogen-bond acceptors (Lipinski definition) is 3. The normalized spacial score (nSPS) is 10.5. The Kier molecular flexibility index (Phi) is 2.59. The second-order valence-electron chi connectivity index (χ2n) is 2.50. The summed E-state index contributed by atoms with van der Waals surface area (Å²) in [5.74, 6) is 0. The second-order valence-corrected chi connectivity index (χ2v) is 2.50. The Morgan fingerprint density at radius 3 is 2.82 bits per heavy atom. The molecule has 2 N–H and O–H groups in total. The van der Waals surface area contributed by atoms with Crippen molar-refractivity contribution in [3.63, 3.8) is 0 Å². The van der Waals surface area contributed by atoms with Crippen molar-refractivity contribution in [1.29, 1.82) is 0 Å². The lowest BCUT2D eigenvalue weighted by Crippen LogP contribution is -2.06. The van der Waals surface area contributed by atoms with Gasteiger partial charge >= 0.3 is 0 Å². The molecule has 11 heavy (non-hydrogen) atoms. The Bertz CT molecular complexity index is 228. The predicted octanol–water partition coefficient (Wildman–Crippen LogP) is -0.121. The van der Waals surface area contributed by atoms with Gasteiger partial charge < -0.3 is 5.73 Å². The molecule has 0 aromatic carbocycles. The molecule has 0 bridgehead atoms. The molecule has 1 aromatic rings. The maximum atomic E-state index is 5.42. The fourth-order valence-corrected chi connectivity index (χ4v) is 1.18. The van der Waals surface area contributed by atoms with Crippen molar-refractivity contribution in [3.8, 4) is 0 Å². The van der Waals surface area contributed by atoms with Crippen LogP contribution < -0.4 is 5.73 Å². The summed E-state index contributed by atoms with van der Waals surface area (Å²) in [5, 5.41) is 7.93. The van der Waals surface area contributed by atoms with E-state index in [-0.39, 0.29) is 0 Å². The molecule has 0 aliphatic heterocycles. The van der Waals surface area contributed by atoms with Crippen LogP contribution >= 0.6 is 0 Å². The topological polar surface area (TPSA) is 56.7 Å². The van der Waals surface area contributed by atoms with Crippen LogP contribution in [-0.4, -0.2) is 21.5 Å². The molecule has 0 aliphatic carbocycles. The molecule has 0 saturated heterocycles. The van der Waals surface area contributed by atoms with Crippen molar-refractivity contribution in [2.45, 2.75) is 19.8 Å². The van der Waals surface area contributed by atoms with Crippen LogP contribution in [0.4, 0.5) is 0 Å². The van der Waals surface area contributed by atoms with E-state index in [2.05, 4.69) is 17.2 Å². The molecule has 0 amide bonds. The Labute approximate surface area is 66.4 Å². The first-order valence-corrected chi connectivity index (χ1v) is 3.87. The van der Waals surface area contributed by atoms with Gasteiger partial charge in [-0.05, 0) is 13.0 Å². The van der Waals surface area contributed by atoms with Crippen molar-refractivity contribution in [1.82, 2.24) is 15.0 Å². The molecular formula is C7H14N4. The van der Waals surface area contributed by atoms with Crippen LogP contribution in [0.25, 0.3) is 0 Å². The van der Waals surface area contributed by atoms with Gasteiger partial charge in [0.15, 0.2) is 0 Å². The number of nitrogens with zero attached hydrogens (tertiary/aromatic N) is 3. The molecule has 4 heteroatoms. The molecule has 4 nitrogen and oxygen atoms in total. The lowest BCUT2D eigenvalue weighted by atomic mass is 10.2. The second kappa shape index (κ2) is 3.48.